The van der Waals surface area contributed by atoms with Crippen molar-refractivity contribution in [2.45, 2.75) is 19.0 Å². The van der Waals surface area contributed by atoms with Gasteiger partial charge < -0.3 is 4.90 Å². The summed E-state index contributed by atoms with van der Waals surface area (Å²) in [5.41, 5.74) is 1.62. The van der Waals surface area contributed by atoms with Crippen LogP contribution in [0.1, 0.15) is 13.0 Å². The molecule has 0 bridgehead atoms. The Balaban J connectivity index is 2.03. The first-order valence-corrected chi connectivity index (χ1v) is 8.88. The van der Waals surface area contributed by atoms with Crippen LogP contribution >= 0.6 is 22.6 Å². The first kappa shape index (κ1) is 14.6. The van der Waals surface area contributed by atoms with Gasteiger partial charge in [-0.1, -0.05) is 40.8 Å². The van der Waals surface area contributed by atoms with Crippen molar-refractivity contribution in [2.24, 2.45) is 0 Å². The fourth-order valence-electron chi connectivity index (χ4n) is 3.08. The van der Waals surface area contributed by atoms with Crippen molar-refractivity contribution in [1.29, 1.82) is 0 Å². The second-order valence-corrected chi connectivity index (χ2v) is 6.36. The molecule has 3 heterocycles. The lowest BCUT2D eigenvalue weighted by Gasteiger charge is -2.25. The Morgan fingerprint density at radius 3 is 2.65 bits per heavy atom. The Morgan fingerprint density at radius 2 is 1.91 bits per heavy atom. The smallest absolute Gasteiger partial charge is 0.283 e. The Bertz CT molecular complexity index is 927. The number of alkyl halides is 1. The number of para-hydroxylation sites is 1. The number of benzene rings is 1. The zero-order valence-electron chi connectivity index (χ0n) is 12.4. The van der Waals surface area contributed by atoms with Gasteiger partial charge in [-0.05, 0) is 19.1 Å². The van der Waals surface area contributed by atoms with E-state index < -0.39 is 0 Å². The maximum Gasteiger partial charge on any atom is 0.283 e. The maximum atomic E-state index is 12.9. The van der Waals surface area contributed by atoms with Crippen molar-refractivity contribution >= 4 is 45.4 Å². The topological polar surface area (TPSA) is 63.9 Å². The molecule has 116 valence electrons. The number of hydrogen-bond acceptors (Lipinski definition) is 5. The van der Waals surface area contributed by atoms with Gasteiger partial charge in [0.2, 0.25) is 5.95 Å². The minimum Gasteiger partial charge on any atom is -0.306 e. The van der Waals surface area contributed by atoms with E-state index in [1.807, 2.05) is 30.3 Å². The van der Waals surface area contributed by atoms with Crippen LogP contribution in [0.5, 0.6) is 0 Å². The van der Waals surface area contributed by atoms with Gasteiger partial charge in [0.1, 0.15) is 0 Å². The summed E-state index contributed by atoms with van der Waals surface area (Å²) < 4.78 is 2.63. The van der Waals surface area contributed by atoms with E-state index in [2.05, 4.69) is 49.4 Å². The van der Waals surface area contributed by atoms with E-state index in [9.17, 15) is 4.79 Å². The molecule has 7 heteroatoms. The Kier molecular flexibility index (Phi) is 3.51. The number of nitrogens with zero attached hydrogens (tertiary/aromatic N) is 5. The summed E-state index contributed by atoms with van der Waals surface area (Å²) in [6, 6.07) is 10.2. The van der Waals surface area contributed by atoms with Crippen molar-refractivity contribution in [3.05, 3.63) is 53.1 Å². The van der Waals surface area contributed by atoms with Gasteiger partial charge in [-0.3, -0.25) is 9.36 Å². The third-order valence-electron chi connectivity index (χ3n) is 4.23. The van der Waals surface area contributed by atoms with E-state index in [0.717, 1.165) is 10.1 Å². The summed E-state index contributed by atoms with van der Waals surface area (Å²) in [5.74, 6) is 0.642. The molecule has 0 radical (unpaired) electrons. The van der Waals surface area contributed by atoms with E-state index in [1.165, 1.54) is 6.20 Å². The highest BCUT2D eigenvalue weighted by Crippen LogP contribution is 2.38. The molecule has 1 aliphatic rings. The van der Waals surface area contributed by atoms with Crippen molar-refractivity contribution in [3.8, 4) is 0 Å². The van der Waals surface area contributed by atoms with Gasteiger partial charge in [0.15, 0.2) is 11.2 Å². The number of aromatic nitrogens is 4. The molecule has 2 atom stereocenters. The average Bonchev–Trinajstić information content (AvgIpc) is 2.88. The van der Waals surface area contributed by atoms with Crippen LogP contribution in [0.4, 0.5) is 11.6 Å². The van der Waals surface area contributed by atoms with Crippen LogP contribution < -0.4 is 10.5 Å². The van der Waals surface area contributed by atoms with Crippen LogP contribution in [0.15, 0.2) is 47.5 Å². The molecule has 0 spiro atoms. The predicted octanol–water partition coefficient (Wildman–Crippen LogP) is 2.70. The van der Waals surface area contributed by atoms with Crippen molar-refractivity contribution in [2.75, 3.05) is 9.33 Å². The van der Waals surface area contributed by atoms with Crippen LogP contribution in [-0.4, -0.2) is 30.0 Å². The molecule has 0 fully saturated rings. The zero-order chi connectivity index (χ0) is 16.0. The van der Waals surface area contributed by atoms with Gasteiger partial charge in [0.05, 0.1) is 12.1 Å². The van der Waals surface area contributed by atoms with E-state index in [4.69, 9.17) is 0 Å². The van der Waals surface area contributed by atoms with Crippen LogP contribution in [0.2, 0.25) is 0 Å². The number of anilines is 2. The maximum absolute atomic E-state index is 12.9. The monoisotopic (exact) mass is 419 g/mol. The average molecular weight is 419 g/mol. The number of rotatable bonds is 2. The molecule has 2 aromatic heterocycles. The quantitative estimate of drug-likeness (QED) is 0.472. The molecule has 4 rings (SSSR count). The van der Waals surface area contributed by atoms with Gasteiger partial charge in [-0.25, -0.2) is 9.97 Å². The van der Waals surface area contributed by atoms with Gasteiger partial charge in [0.25, 0.3) is 5.56 Å². The Morgan fingerprint density at radius 1 is 1.17 bits per heavy atom. The molecule has 0 saturated heterocycles. The first-order chi connectivity index (χ1) is 11.2. The lowest BCUT2D eigenvalue weighted by atomic mass is 10.1. The minimum atomic E-state index is -0.126. The predicted molar refractivity (Wildman–Crippen MR) is 97.6 cm³/mol. The highest BCUT2D eigenvalue weighted by molar-refractivity contribution is 14.1. The van der Waals surface area contributed by atoms with Crippen molar-refractivity contribution in [1.82, 2.24) is 19.5 Å². The second kappa shape index (κ2) is 5.55. The molecule has 0 aliphatic carbocycles. The second-order valence-electron chi connectivity index (χ2n) is 5.48. The number of hydrogen-bond donors (Lipinski definition) is 0. The van der Waals surface area contributed by atoms with E-state index in [0.29, 0.717) is 17.1 Å². The summed E-state index contributed by atoms with van der Waals surface area (Å²) in [5, 5.41) is 0. The SMILES string of the molecule is C[C@@H]1[C@H](CI)N(c2ccccc2)c2nc3nccnc3c(=O)n21. The molecule has 23 heavy (non-hydrogen) atoms. The van der Waals surface area contributed by atoms with E-state index in [1.54, 1.807) is 10.8 Å². The lowest BCUT2D eigenvalue weighted by molar-refractivity contribution is 0.524. The summed E-state index contributed by atoms with van der Waals surface area (Å²) in [7, 11) is 0. The molecule has 0 N–H and O–H groups in total. The van der Waals surface area contributed by atoms with E-state index in [-0.39, 0.29) is 17.6 Å². The van der Waals surface area contributed by atoms with Crippen molar-refractivity contribution in [3.63, 3.8) is 0 Å². The van der Waals surface area contributed by atoms with Crippen LogP contribution in [0, 0.1) is 0 Å². The van der Waals surface area contributed by atoms with Crippen LogP contribution in [0.25, 0.3) is 11.2 Å². The largest absolute Gasteiger partial charge is 0.306 e. The summed E-state index contributed by atoms with van der Waals surface area (Å²) in [4.78, 5) is 28.0. The minimum absolute atomic E-state index is 0.0218. The highest BCUT2D eigenvalue weighted by Gasteiger charge is 2.38. The fourth-order valence-corrected chi connectivity index (χ4v) is 4.21. The first-order valence-electron chi connectivity index (χ1n) is 7.36. The molecular weight excluding hydrogens is 405 g/mol. The Labute approximate surface area is 146 Å². The molecule has 0 saturated carbocycles. The van der Waals surface area contributed by atoms with E-state index >= 15 is 0 Å². The lowest BCUT2D eigenvalue weighted by Crippen LogP contribution is -2.31. The molecule has 0 amide bonds. The number of fused-ring (bicyclic) bond motifs is 2. The fraction of sp³-hybridized carbons (Fsp3) is 0.250. The third-order valence-corrected chi connectivity index (χ3v) is 5.13. The molecular formula is C16H14IN5O. The molecule has 0 unspecified atom stereocenters. The van der Waals surface area contributed by atoms with Crippen molar-refractivity contribution < 1.29 is 0 Å². The van der Waals surface area contributed by atoms with Gasteiger partial charge in [-0.15, -0.1) is 0 Å². The molecule has 1 aliphatic heterocycles. The van der Waals surface area contributed by atoms with Gasteiger partial charge >= 0.3 is 0 Å². The van der Waals surface area contributed by atoms with Crippen LogP contribution in [0.3, 0.4) is 0 Å². The highest BCUT2D eigenvalue weighted by atomic mass is 127. The molecule has 1 aromatic carbocycles. The number of halogens is 1. The summed E-state index contributed by atoms with van der Waals surface area (Å²) in [6.45, 7) is 2.06. The molecule has 3 aromatic rings. The third kappa shape index (κ3) is 2.13. The van der Waals surface area contributed by atoms with Crippen LogP contribution in [-0.2, 0) is 0 Å². The summed E-state index contributed by atoms with van der Waals surface area (Å²) >= 11 is 2.36. The normalized spacial score (nSPS) is 20.0. The summed E-state index contributed by atoms with van der Waals surface area (Å²) in [6.07, 6.45) is 3.09. The van der Waals surface area contributed by atoms with Gasteiger partial charge in [-0.2, -0.15) is 4.98 Å². The zero-order valence-corrected chi connectivity index (χ0v) is 14.6. The van der Waals surface area contributed by atoms with Gasteiger partial charge in [0, 0.05) is 22.5 Å². The molecule has 6 nitrogen and oxygen atoms in total. The Hall–Kier alpha value is -2.03. The standard InChI is InChI=1S/C16H14IN5O/c1-10-12(9-17)22(11-5-3-2-4-6-11)16-20-14-13(15(23)21(10)16)18-7-8-19-14/h2-8,10,12H,9H2,1H3/t10-,12+/m1/s1.